The predicted molar refractivity (Wildman–Crippen MR) is 80.2 cm³/mol. The minimum Gasteiger partial charge on any atom is -0.480 e. The molecule has 1 aromatic rings. The number of carbonyl (C=O) groups excluding carboxylic acids is 1. The molecule has 1 aliphatic heterocycles. The standard InChI is InChI=1S/C14H20N2O4S/c1-9(5-6-11-4-3-7-20-11)15-14(19)16-10(2)21-8-12(16)13(17)18/h3-4,7,9-10,12H,5-6,8H2,1-2H3,(H,15,19)(H,17,18). The largest absolute Gasteiger partial charge is 0.480 e. The van der Waals surface area contributed by atoms with Gasteiger partial charge in [-0.05, 0) is 32.4 Å². The van der Waals surface area contributed by atoms with Crippen LogP contribution in [0.15, 0.2) is 22.8 Å². The molecule has 0 spiro atoms. The van der Waals surface area contributed by atoms with Crippen LogP contribution < -0.4 is 5.32 Å². The maximum absolute atomic E-state index is 12.3. The molecule has 2 amide bonds. The summed E-state index contributed by atoms with van der Waals surface area (Å²) < 4.78 is 5.25. The normalized spacial score (nSPS) is 23.0. The van der Waals surface area contributed by atoms with E-state index in [1.807, 2.05) is 26.0 Å². The number of thioether (sulfide) groups is 1. The number of carboxylic acid groups (broad SMARTS) is 1. The third kappa shape index (κ3) is 3.93. The first-order valence-corrected chi connectivity index (χ1v) is 7.99. The molecule has 2 N–H and O–H groups in total. The van der Waals surface area contributed by atoms with Crippen LogP contribution in [0.3, 0.4) is 0 Å². The molecule has 1 aromatic heterocycles. The van der Waals surface area contributed by atoms with Crippen molar-refractivity contribution in [2.24, 2.45) is 0 Å². The summed E-state index contributed by atoms with van der Waals surface area (Å²) in [7, 11) is 0. The van der Waals surface area contributed by atoms with Crippen LogP contribution in [0.25, 0.3) is 0 Å². The average molecular weight is 312 g/mol. The van der Waals surface area contributed by atoms with Gasteiger partial charge < -0.3 is 14.8 Å². The Morgan fingerprint density at radius 2 is 2.38 bits per heavy atom. The van der Waals surface area contributed by atoms with Gasteiger partial charge in [-0.25, -0.2) is 9.59 Å². The first-order valence-electron chi connectivity index (χ1n) is 6.94. The van der Waals surface area contributed by atoms with Gasteiger partial charge >= 0.3 is 12.0 Å². The number of aliphatic carboxylic acids is 1. The molecule has 0 saturated carbocycles. The maximum Gasteiger partial charge on any atom is 0.327 e. The van der Waals surface area contributed by atoms with Crippen LogP contribution in [0.5, 0.6) is 0 Å². The summed E-state index contributed by atoms with van der Waals surface area (Å²) >= 11 is 1.48. The quantitative estimate of drug-likeness (QED) is 0.870. The van der Waals surface area contributed by atoms with Crippen molar-refractivity contribution in [2.75, 3.05) is 5.75 Å². The lowest BCUT2D eigenvalue weighted by molar-refractivity contribution is -0.141. The second-order valence-corrected chi connectivity index (χ2v) is 6.51. The van der Waals surface area contributed by atoms with Gasteiger partial charge in [0.15, 0.2) is 0 Å². The van der Waals surface area contributed by atoms with Crippen LogP contribution in [0.4, 0.5) is 4.79 Å². The van der Waals surface area contributed by atoms with E-state index in [0.717, 1.165) is 18.6 Å². The second kappa shape index (κ2) is 6.89. The van der Waals surface area contributed by atoms with Crippen LogP contribution in [-0.4, -0.2) is 45.2 Å². The van der Waals surface area contributed by atoms with Crippen LogP contribution in [0, 0.1) is 0 Å². The fraction of sp³-hybridized carbons (Fsp3) is 0.571. The fourth-order valence-electron chi connectivity index (χ4n) is 2.31. The lowest BCUT2D eigenvalue weighted by Crippen LogP contribution is -2.51. The van der Waals surface area contributed by atoms with E-state index in [1.54, 1.807) is 6.26 Å². The first kappa shape index (κ1) is 15.8. The molecule has 0 radical (unpaired) electrons. The van der Waals surface area contributed by atoms with Crippen LogP contribution >= 0.6 is 11.8 Å². The average Bonchev–Trinajstić information content (AvgIpc) is 3.05. The molecule has 7 heteroatoms. The zero-order valence-corrected chi connectivity index (χ0v) is 12.9. The van der Waals surface area contributed by atoms with Crippen molar-refractivity contribution in [2.45, 2.75) is 44.1 Å². The lowest BCUT2D eigenvalue weighted by Gasteiger charge is -2.27. The van der Waals surface area contributed by atoms with E-state index in [2.05, 4.69) is 5.32 Å². The molecule has 116 valence electrons. The number of carbonyl (C=O) groups is 2. The summed E-state index contributed by atoms with van der Waals surface area (Å²) in [6.45, 7) is 3.76. The van der Waals surface area contributed by atoms with Crippen LogP contribution in [0.2, 0.25) is 0 Å². The fourth-order valence-corrected chi connectivity index (χ4v) is 3.48. The van der Waals surface area contributed by atoms with Crippen molar-refractivity contribution in [3.8, 4) is 0 Å². The predicted octanol–water partition coefficient (Wildman–Crippen LogP) is 2.16. The van der Waals surface area contributed by atoms with Crippen molar-refractivity contribution < 1.29 is 19.1 Å². The minimum absolute atomic E-state index is 0.0464. The molecule has 3 atom stereocenters. The minimum atomic E-state index is -0.953. The number of carboxylic acids is 1. The van der Waals surface area contributed by atoms with Gasteiger partial charge in [-0.1, -0.05) is 0 Å². The lowest BCUT2D eigenvalue weighted by atomic mass is 10.1. The summed E-state index contributed by atoms with van der Waals surface area (Å²) in [6.07, 6.45) is 3.10. The zero-order chi connectivity index (χ0) is 15.4. The SMILES string of the molecule is CC(CCc1ccco1)NC(=O)N1C(C)SCC1C(=O)O. The van der Waals surface area contributed by atoms with Crippen molar-refractivity contribution in [1.82, 2.24) is 10.2 Å². The number of furan rings is 1. The molecule has 0 aromatic carbocycles. The molecule has 3 unspecified atom stereocenters. The van der Waals surface area contributed by atoms with Crippen molar-refractivity contribution in [3.63, 3.8) is 0 Å². The summed E-state index contributed by atoms with van der Waals surface area (Å²) in [5, 5.41) is 11.9. The monoisotopic (exact) mass is 312 g/mol. The highest BCUT2D eigenvalue weighted by Crippen LogP contribution is 2.28. The number of nitrogens with one attached hydrogen (secondary N) is 1. The maximum atomic E-state index is 12.3. The number of nitrogens with zero attached hydrogens (tertiary/aromatic N) is 1. The van der Waals surface area contributed by atoms with Crippen molar-refractivity contribution >= 4 is 23.8 Å². The first-order chi connectivity index (χ1) is 9.99. The van der Waals surface area contributed by atoms with Crippen LogP contribution in [-0.2, 0) is 11.2 Å². The van der Waals surface area contributed by atoms with E-state index in [0.29, 0.717) is 5.75 Å². The molecule has 0 bridgehead atoms. The van der Waals surface area contributed by atoms with Gasteiger partial charge in [0.25, 0.3) is 0 Å². The molecule has 2 rings (SSSR count). The third-order valence-corrected chi connectivity index (χ3v) is 4.73. The van der Waals surface area contributed by atoms with E-state index in [4.69, 9.17) is 9.52 Å². The van der Waals surface area contributed by atoms with Gasteiger partial charge in [0.2, 0.25) is 0 Å². The van der Waals surface area contributed by atoms with Gasteiger partial charge in [-0.2, -0.15) is 0 Å². The highest BCUT2D eigenvalue weighted by molar-refractivity contribution is 8.00. The molecular weight excluding hydrogens is 292 g/mol. The number of amides is 2. The molecule has 1 fully saturated rings. The van der Waals surface area contributed by atoms with Crippen molar-refractivity contribution in [3.05, 3.63) is 24.2 Å². The third-order valence-electron chi connectivity index (χ3n) is 3.52. The molecule has 0 aliphatic carbocycles. The number of hydrogen-bond acceptors (Lipinski definition) is 4. The van der Waals surface area contributed by atoms with Crippen LogP contribution in [0.1, 0.15) is 26.0 Å². The van der Waals surface area contributed by atoms with E-state index in [-0.39, 0.29) is 17.4 Å². The molecule has 1 aliphatic rings. The van der Waals surface area contributed by atoms with Gasteiger partial charge in [-0.15, -0.1) is 11.8 Å². The van der Waals surface area contributed by atoms with E-state index in [9.17, 15) is 9.59 Å². The Labute approximate surface area is 127 Å². The molecule has 2 heterocycles. The molecule has 21 heavy (non-hydrogen) atoms. The van der Waals surface area contributed by atoms with Gasteiger partial charge in [0.05, 0.1) is 11.6 Å². The number of rotatable bonds is 5. The Kier molecular flexibility index (Phi) is 5.17. The Bertz CT molecular complexity index is 491. The highest BCUT2D eigenvalue weighted by Gasteiger charge is 2.39. The topological polar surface area (TPSA) is 82.8 Å². The summed E-state index contributed by atoms with van der Waals surface area (Å²) in [5.41, 5.74) is 0. The number of aryl methyl sites for hydroxylation is 1. The number of urea groups is 1. The molecular formula is C14H20N2O4S. The molecule has 6 nitrogen and oxygen atoms in total. The highest BCUT2D eigenvalue weighted by atomic mass is 32.2. The summed E-state index contributed by atoms with van der Waals surface area (Å²) in [4.78, 5) is 24.9. The Morgan fingerprint density at radius 3 is 3.00 bits per heavy atom. The summed E-state index contributed by atoms with van der Waals surface area (Å²) in [5.74, 6) is 0.361. The Balaban J connectivity index is 1.86. The zero-order valence-electron chi connectivity index (χ0n) is 12.1. The van der Waals surface area contributed by atoms with Gasteiger partial charge in [0.1, 0.15) is 11.8 Å². The summed E-state index contributed by atoms with van der Waals surface area (Å²) in [6, 6.07) is 2.62. The van der Waals surface area contributed by atoms with E-state index in [1.165, 1.54) is 16.7 Å². The Morgan fingerprint density at radius 1 is 1.62 bits per heavy atom. The van der Waals surface area contributed by atoms with Crippen molar-refractivity contribution in [1.29, 1.82) is 0 Å². The smallest absolute Gasteiger partial charge is 0.327 e. The van der Waals surface area contributed by atoms with Gasteiger partial charge in [0, 0.05) is 18.2 Å². The Hall–Kier alpha value is -1.63. The van der Waals surface area contributed by atoms with E-state index >= 15 is 0 Å². The number of hydrogen-bond donors (Lipinski definition) is 2. The van der Waals surface area contributed by atoms with E-state index < -0.39 is 12.0 Å². The molecule has 1 saturated heterocycles. The second-order valence-electron chi connectivity index (χ2n) is 5.16. The van der Waals surface area contributed by atoms with Gasteiger partial charge in [-0.3, -0.25) is 4.90 Å².